The van der Waals surface area contributed by atoms with E-state index in [9.17, 15) is 0 Å². The highest BCUT2D eigenvalue weighted by molar-refractivity contribution is 7.26. The van der Waals surface area contributed by atoms with Gasteiger partial charge < -0.3 is 9.88 Å². The zero-order chi connectivity index (χ0) is 41.7. The molecule has 2 aromatic heterocycles. The van der Waals surface area contributed by atoms with E-state index in [0.717, 1.165) is 11.4 Å². The number of nitrogens with zero attached hydrogens (tertiary/aromatic N) is 1. The lowest BCUT2D eigenvalue weighted by Gasteiger charge is -2.27. The molecule has 0 amide bonds. The van der Waals surface area contributed by atoms with Crippen molar-refractivity contribution in [2.75, 3.05) is 5.32 Å². The minimum atomic E-state index is -0.0439. The summed E-state index contributed by atoms with van der Waals surface area (Å²) >= 11 is 1.92. The third-order valence-corrected chi connectivity index (χ3v) is 15.1. The van der Waals surface area contributed by atoms with E-state index >= 15 is 0 Å². The number of hydrogen-bond acceptors (Lipinski definition) is 2. The number of nitrogens with one attached hydrogen (secondary N) is 1. The summed E-state index contributed by atoms with van der Waals surface area (Å²) in [6.45, 7) is 18.7. The van der Waals surface area contributed by atoms with Gasteiger partial charge >= 0.3 is 0 Å². The maximum atomic E-state index is 4.03. The second kappa shape index (κ2) is 12.5. The average molecular weight is 804 g/mol. The monoisotopic (exact) mass is 803 g/mol. The first-order chi connectivity index (χ1) is 29.2. The average Bonchev–Trinajstić information content (AvgIpc) is 3.85. The lowest BCUT2D eigenvalue weighted by molar-refractivity contribution is 0.590. The standard InChI is InChI=1S/C57H48BN2S/c1-55(2,3)34-21-24-49-41(27-34)43-28-35(56(4,5)6)29-47-52(43)60(49)53-51(58-47)42(31-44-38-18-12-14-20-50(38)61-54(44)53)40-25-32-15-9-10-16-33(32)26-48(40)59-36-22-23-46-39(30-36)37-17-11-13-19-45(37)57(46,7)8/h9-31,59H,1-8H3. The molecule has 0 spiro atoms. The Balaban J connectivity index is 1.16. The molecule has 3 heterocycles. The molecule has 0 bridgehead atoms. The van der Waals surface area contributed by atoms with Crippen molar-refractivity contribution in [1.82, 2.24) is 4.57 Å². The fourth-order valence-electron chi connectivity index (χ4n) is 10.5. The summed E-state index contributed by atoms with van der Waals surface area (Å²) in [5.74, 6) is 0. The molecule has 2 aliphatic rings. The molecular formula is C57H48BN2S. The smallest absolute Gasteiger partial charge is 0.197 e. The number of fused-ring (bicyclic) bond motifs is 13. The van der Waals surface area contributed by atoms with E-state index in [1.165, 1.54) is 114 Å². The Labute approximate surface area is 363 Å². The van der Waals surface area contributed by atoms with E-state index in [0.29, 0.717) is 0 Å². The molecule has 0 atom stereocenters. The van der Waals surface area contributed by atoms with Crippen LogP contribution in [0.3, 0.4) is 0 Å². The van der Waals surface area contributed by atoms with Gasteiger partial charge in [0, 0.05) is 54.1 Å². The molecule has 1 radical (unpaired) electrons. The quantitative estimate of drug-likeness (QED) is 0.176. The minimum absolute atomic E-state index is 0.0197. The Morgan fingerprint density at radius 3 is 2.07 bits per heavy atom. The summed E-state index contributed by atoms with van der Waals surface area (Å²) < 4.78 is 5.27. The predicted molar refractivity (Wildman–Crippen MR) is 266 cm³/mol. The van der Waals surface area contributed by atoms with Crippen molar-refractivity contribution in [3.8, 4) is 27.9 Å². The topological polar surface area (TPSA) is 17.0 Å². The van der Waals surface area contributed by atoms with E-state index in [1.807, 2.05) is 11.3 Å². The van der Waals surface area contributed by atoms with Gasteiger partial charge in [-0.1, -0.05) is 146 Å². The van der Waals surface area contributed by atoms with Crippen molar-refractivity contribution >= 4 is 93.7 Å². The molecule has 1 aliphatic carbocycles. The molecule has 1 N–H and O–H groups in total. The molecule has 12 rings (SSSR count). The van der Waals surface area contributed by atoms with Gasteiger partial charge in [-0.15, -0.1) is 11.3 Å². The van der Waals surface area contributed by atoms with E-state index < -0.39 is 0 Å². The highest BCUT2D eigenvalue weighted by Gasteiger charge is 2.36. The van der Waals surface area contributed by atoms with Crippen LogP contribution in [0.15, 0.2) is 140 Å². The maximum absolute atomic E-state index is 4.03. The number of hydrogen-bond donors (Lipinski definition) is 1. The number of rotatable bonds is 3. The maximum Gasteiger partial charge on any atom is 0.197 e. The molecule has 0 unspecified atom stereocenters. The molecule has 0 saturated carbocycles. The van der Waals surface area contributed by atoms with Gasteiger partial charge in [-0.25, -0.2) is 0 Å². The summed E-state index contributed by atoms with van der Waals surface area (Å²) in [5.41, 5.74) is 19.1. The van der Waals surface area contributed by atoms with Crippen LogP contribution >= 0.6 is 11.3 Å². The summed E-state index contributed by atoms with van der Waals surface area (Å²) in [6.07, 6.45) is 0. The van der Waals surface area contributed by atoms with Gasteiger partial charge in [0.2, 0.25) is 0 Å². The van der Waals surface area contributed by atoms with Crippen molar-refractivity contribution in [1.29, 1.82) is 0 Å². The highest BCUT2D eigenvalue weighted by Crippen LogP contribution is 2.50. The fraction of sp³-hybridized carbons (Fsp3) is 0.193. The van der Waals surface area contributed by atoms with Crippen LogP contribution in [0.1, 0.15) is 77.6 Å². The Morgan fingerprint density at radius 1 is 0.557 bits per heavy atom. The van der Waals surface area contributed by atoms with Gasteiger partial charge in [0.1, 0.15) is 0 Å². The SMILES string of the molecule is CC(C)(C)c1ccc2c(c1)c1cc(C(C)(C)C)cc3c1n2-c1c(c(-c2cc4ccccc4cc2Nc2ccc4c(c2)-c2ccccc2C4(C)C)cc2c1sc1ccccc12)[B]3. The number of aromatic nitrogens is 1. The van der Waals surface area contributed by atoms with E-state index in [-0.39, 0.29) is 16.2 Å². The van der Waals surface area contributed by atoms with Gasteiger partial charge in [0.15, 0.2) is 7.28 Å². The zero-order valence-corrected chi connectivity index (χ0v) is 37.0. The van der Waals surface area contributed by atoms with Crippen molar-refractivity contribution in [3.05, 3.63) is 162 Å². The molecule has 1 aliphatic heterocycles. The van der Waals surface area contributed by atoms with Gasteiger partial charge in [0.25, 0.3) is 0 Å². The van der Waals surface area contributed by atoms with E-state index in [2.05, 4.69) is 212 Å². The summed E-state index contributed by atoms with van der Waals surface area (Å²) in [6, 6.07) is 53.2. The highest BCUT2D eigenvalue weighted by atomic mass is 32.1. The molecule has 0 saturated heterocycles. The molecule has 61 heavy (non-hydrogen) atoms. The van der Waals surface area contributed by atoms with Crippen LogP contribution in [0.2, 0.25) is 0 Å². The van der Waals surface area contributed by atoms with Crippen molar-refractivity contribution < 1.29 is 0 Å². The molecule has 2 nitrogen and oxygen atoms in total. The van der Waals surface area contributed by atoms with Crippen LogP contribution in [0.5, 0.6) is 0 Å². The first kappa shape index (κ1) is 36.7. The normalized spacial score (nSPS) is 14.2. The number of benzene rings is 8. The molecule has 0 fully saturated rings. The first-order valence-corrected chi connectivity index (χ1v) is 22.6. The van der Waals surface area contributed by atoms with Crippen LogP contribution in [0.25, 0.3) is 80.7 Å². The molecular weight excluding hydrogens is 756 g/mol. The Morgan fingerprint density at radius 2 is 1.26 bits per heavy atom. The first-order valence-electron chi connectivity index (χ1n) is 21.8. The second-order valence-corrected chi connectivity index (χ2v) is 21.2. The van der Waals surface area contributed by atoms with E-state index in [4.69, 9.17) is 0 Å². The van der Waals surface area contributed by atoms with Gasteiger partial charge in [-0.2, -0.15) is 0 Å². The van der Waals surface area contributed by atoms with Crippen LogP contribution in [0, 0.1) is 0 Å². The zero-order valence-electron chi connectivity index (χ0n) is 36.2. The van der Waals surface area contributed by atoms with Crippen LogP contribution < -0.4 is 16.2 Å². The van der Waals surface area contributed by atoms with Crippen LogP contribution in [0.4, 0.5) is 11.4 Å². The number of anilines is 2. The molecule has 10 aromatic rings. The van der Waals surface area contributed by atoms with Gasteiger partial charge in [0.05, 0.1) is 15.9 Å². The Bertz CT molecular complexity index is 3530. The van der Waals surface area contributed by atoms with Crippen molar-refractivity contribution in [2.24, 2.45) is 0 Å². The third-order valence-electron chi connectivity index (χ3n) is 13.9. The Kier molecular flexibility index (Phi) is 7.52. The summed E-state index contributed by atoms with van der Waals surface area (Å²) in [4.78, 5) is 0. The lowest BCUT2D eigenvalue weighted by atomic mass is 9.58. The second-order valence-electron chi connectivity index (χ2n) is 20.1. The van der Waals surface area contributed by atoms with Crippen LogP contribution in [-0.4, -0.2) is 11.8 Å². The summed E-state index contributed by atoms with van der Waals surface area (Å²) in [5, 5.41) is 11.7. The fourth-order valence-corrected chi connectivity index (χ4v) is 11.8. The predicted octanol–water partition coefficient (Wildman–Crippen LogP) is 14.6. The van der Waals surface area contributed by atoms with E-state index in [1.54, 1.807) is 0 Å². The van der Waals surface area contributed by atoms with Gasteiger partial charge in [-0.3, -0.25) is 0 Å². The van der Waals surface area contributed by atoms with Crippen molar-refractivity contribution in [3.63, 3.8) is 0 Å². The Hall–Kier alpha value is -6.10. The lowest BCUT2D eigenvalue weighted by Crippen LogP contribution is -2.38. The minimum Gasteiger partial charge on any atom is -0.355 e. The molecule has 8 aromatic carbocycles. The molecule has 4 heteroatoms. The summed E-state index contributed by atoms with van der Waals surface area (Å²) in [7, 11) is 2.52. The van der Waals surface area contributed by atoms with Crippen LogP contribution in [-0.2, 0) is 16.2 Å². The number of thiophene rings is 1. The van der Waals surface area contributed by atoms with Crippen molar-refractivity contribution in [2.45, 2.75) is 71.6 Å². The largest absolute Gasteiger partial charge is 0.355 e. The van der Waals surface area contributed by atoms with Gasteiger partial charge in [-0.05, 0) is 121 Å². The third kappa shape index (κ3) is 5.34. The molecule has 295 valence electrons.